The average molecular weight is 320 g/mol. The molecule has 1 saturated heterocycles. The summed E-state index contributed by atoms with van der Waals surface area (Å²) in [6.07, 6.45) is 8.94. The number of ether oxygens (including phenoxy) is 1. The van der Waals surface area contributed by atoms with E-state index in [0.717, 1.165) is 44.9 Å². The van der Waals surface area contributed by atoms with Crippen LogP contribution in [0.25, 0.3) is 0 Å². The molecule has 3 heteroatoms. The Bertz CT molecular complexity index is 529. The summed E-state index contributed by atoms with van der Waals surface area (Å²) < 4.78 is 6.59. The summed E-state index contributed by atoms with van der Waals surface area (Å²) in [5.74, 6) is 0.0986. The number of carboxylic acids is 1. The van der Waals surface area contributed by atoms with Gasteiger partial charge in [-0.05, 0) is 76.5 Å². The van der Waals surface area contributed by atoms with Crippen molar-refractivity contribution in [2.24, 2.45) is 22.7 Å². The maximum Gasteiger partial charge on any atom is 0.309 e. The number of hydrogen-bond donors (Lipinski definition) is 1. The number of aliphatic carboxylic acids is 1. The molecule has 1 heterocycles. The van der Waals surface area contributed by atoms with Gasteiger partial charge in [0.25, 0.3) is 0 Å². The number of carboxylic acid groups (broad SMARTS) is 1. The Morgan fingerprint density at radius 2 is 1.74 bits per heavy atom. The largest absolute Gasteiger partial charge is 0.481 e. The summed E-state index contributed by atoms with van der Waals surface area (Å²) in [4.78, 5) is 12.0. The van der Waals surface area contributed by atoms with Crippen LogP contribution >= 0.6 is 0 Å². The molecule has 1 aliphatic heterocycles. The first kappa shape index (κ1) is 17.0. The number of fused-ring (bicyclic) bond motifs is 3. The summed E-state index contributed by atoms with van der Waals surface area (Å²) in [7, 11) is 0. The minimum atomic E-state index is -0.607. The first-order chi connectivity index (χ1) is 10.6. The van der Waals surface area contributed by atoms with Crippen LogP contribution in [0.15, 0.2) is 12.7 Å². The predicted octanol–water partition coefficient (Wildman–Crippen LogP) is 4.81. The molecule has 3 fully saturated rings. The average Bonchev–Trinajstić information content (AvgIpc) is 2.45. The highest BCUT2D eigenvalue weighted by atomic mass is 16.5. The molecule has 2 aliphatic carbocycles. The summed E-state index contributed by atoms with van der Waals surface area (Å²) in [5.41, 5.74) is -0.892. The zero-order valence-corrected chi connectivity index (χ0v) is 15.2. The standard InChI is InChI=1S/C20H32O3/c1-6-17(2)12-8-15-18(3)10-7-11-19(4,16(21)22)14(18)9-13-20(15,5)23-17/h6,14-15H,1,7-13H2,2-5H3,(H,21,22)/t14-,15-,17+,18+,19+,20-/m1/s1. The van der Waals surface area contributed by atoms with Gasteiger partial charge in [-0.15, -0.1) is 6.58 Å². The van der Waals surface area contributed by atoms with Crippen LogP contribution in [-0.2, 0) is 9.53 Å². The molecule has 0 spiro atoms. The molecule has 0 unspecified atom stereocenters. The third kappa shape index (κ3) is 2.30. The fraction of sp³-hybridized carbons (Fsp3) is 0.850. The van der Waals surface area contributed by atoms with Crippen LogP contribution in [0.4, 0.5) is 0 Å². The van der Waals surface area contributed by atoms with Crippen molar-refractivity contribution >= 4 is 5.97 Å². The van der Waals surface area contributed by atoms with E-state index in [2.05, 4.69) is 27.4 Å². The minimum Gasteiger partial charge on any atom is -0.481 e. The molecule has 0 bridgehead atoms. The van der Waals surface area contributed by atoms with Gasteiger partial charge in [0.05, 0.1) is 16.6 Å². The molecule has 3 aliphatic rings. The Morgan fingerprint density at radius 1 is 1.09 bits per heavy atom. The Kier molecular flexibility index (Phi) is 3.76. The second-order valence-electron chi connectivity index (χ2n) is 9.20. The zero-order chi connectivity index (χ0) is 17.1. The van der Waals surface area contributed by atoms with Crippen molar-refractivity contribution in [1.82, 2.24) is 0 Å². The molecule has 23 heavy (non-hydrogen) atoms. The van der Waals surface area contributed by atoms with E-state index in [4.69, 9.17) is 4.74 Å². The monoisotopic (exact) mass is 320 g/mol. The summed E-state index contributed by atoms with van der Waals surface area (Å²) >= 11 is 0. The number of hydrogen-bond acceptors (Lipinski definition) is 2. The van der Waals surface area contributed by atoms with Crippen molar-refractivity contribution < 1.29 is 14.6 Å². The van der Waals surface area contributed by atoms with Crippen molar-refractivity contribution in [3.05, 3.63) is 12.7 Å². The molecule has 0 aromatic carbocycles. The quantitative estimate of drug-likeness (QED) is 0.743. The number of rotatable bonds is 2. The molecule has 2 saturated carbocycles. The van der Waals surface area contributed by atoms with Crippen LogP contribution < -0.4 is 0 Å². The van der Waals surface area contributed by atoms with Gasteiger partial charge in [0.1, 0.15) is 0 Å². The van der Waals surface area contributed by atoms with Gasteiger partial charge in [0, 0.05) is 0 Å². The van der Waals surface area contributed by atoms with Crippen molar-refractivity contribution in [2.45, 2.75) is 83.8 Å². The lowest BCUT2D eigenvalue weighted by Gasteiger charge is -2.64. The molecule has 6 atom stereocenters. The molecule has 3 rings (SSSR count). The van der Waals surface area contributed by atoms with Gasteiger partial charge >= 0.3 is 5.97 Å². The molecule has 130 valence electrons. The minimum absolute atomic E-state index is 0.0703. The molecule has 1 N–H and O–H groups in total. The molecule has 3 nitrogen and oxygen atoms in total. The van der Waals surface area contributed by atoms with Gasteiger partial charge in [-0.25, -0.2) is 0 Å². The normalized spacial score (nSPS) is 53.0. The van der Waals surface area contributed by atoms with Crippen molar-refractivity contribution in [3.63, 3.8) is 0 Å². The van der Waals surface area contributed by atoms with E-state index in [1.54, 1.807) is 0 Å². The van der Waals surface area contributed by atoms with Crippen molar-refractivity contribution in [3.8, 4) is 0 Å². The molecular weight excluding hydrogens is 288 g/mol. The highest BCUT2D eigenvalue weighted by Crippen LogP contribution is 2.65. The van der Waals surface area contributed by atoms with E-state index in [9.17, 15) is 9.90 Å². The van der Waals surface area contributed by atoms with Gasteiger partial charge in [0.2, 0.25) is 0 Å². The van der Waals surface area contributed by atoms with E-state index in [-0.39, 0.29) is 22.5 Å². The lowest BCUT2D eigenvalue weighted by molar-refractivity contribution is -0.254. The van der Waals surface area contributed by atoms with E-state index in [1.807, 2.05) is 13.0 Å². The third-order valence-electron chi connectivity index (χ3n) is 7.76. The Morgan fingerprint density at radius 3 is 2.35 bits per heavy atom. The number of carbonyl (C=O) groups is 1. The van der Waals surface area contributed by atoms with Crippen LogP contribution in [0, 0.1) is 22.7 Å². The first-order valence-electron chi connectivity index (χ1n) is 9.17. The molecule has 0 aromatic rings. The second-order valence-corrected chi connectivity index (χ2v) is 9.20. The van der Waals surface area contributed by atoms with Crippen LogP contribution in [0.2, 0.25) is 0 Å². The Hall–Kier alpha value is -0.830. The summed E-state index contributed by atoms with van der Waals surface area (Å²) in [6.45, 7) is 12.7. The van der Waals surface area contributed by atoms with Gasteiger partial charge in [-0.3, -0.25) is 4.79 Å². The summed E-state index contributed by atoms with van der Waals surface area (Å²) in [5, 5.41) is 9.89. The topological polar surface area (TPSA) is 46.5 Å². The van der Waals surface area contributed by atoms with Crippen LogP contribution in [-0.4, -0.2) is 22.3 Å². The van der Waals surface area contributed by atoms with Crippen molar-refractivity contribution in [2.75, 3.05) is 0 Å². The van der Waals surface area contributed by atoms with Gasteiger partial charge in [0.15, 0.2) is 0 Å². The van der Waals surface area contributed by atoms with E-state index in [0.29, 0.717) is 5.92 Å². The second kappa shape index (κ2) is 5.08. The van der Waals surface area contributed by atoms with Crippen LogP contribution in [0.5, 0.6) is 0 Å². The Labute approximate surface area is 140 Å². The maximum atomic E-state index is 12.0. The molecule has 0 aromatic heterocycles. The van der Waals surface area contributed by atoms with Gasteiger partial charge < -0.3 is 9.84 Å². The molecule has 0 amide bonds. The fourth-order valence-corrected chi connectivity index (χ4v) is 6.45. The first-order valence-corrected chi connectivity index (χ1v) is 9.17. The lowest BCUT2D eigenvalue weighted by Crippen LogP contribution is -2.63. The smallest absolute Gasteiger partial charge is 0.309 e. The SMILES string of the molecule is C=C[C@@]1(C)CC[C@@H]2[C@@]3(C)CCC[C@](C)(C(=O)O)[C@@H]3CC[C@@]2(C)O1. The highest BCUT2D eigenvalue weighted by Gasteiger charge is 2.63. The maximum absolute atomic E-state index is 12.0. The van der Waals surface area contributed by atoms with E-state index < -0.39 is 11.4 Å². The fourth-order valence-electron chi connectivity index (χ4n) is 6.45. The van der Waals surface area contributed by atoms with Gasteiger partial charge in [-0.1, -0.05) is 19.4 Å². The van der Waals surface area contributed by atoms with E-state index in [1.165, 1.54) is 0 Å². The third-order valence-corrected chi connectivity index (χ3v) is 7.76. The van der Waals surface area contributed by atoms with Crippen molar-refractivity contribution in [1.29, 1.82) is 0 Å². The summed E-state index contributed by atoms with van der Waals surface area (Å²) in [6, 6.07) is 0. The van der Waals surface area contributed by atoms with E-state index >= 15 is 0 Å². The Balaban J connectivity index is 1.97. The van der Waals surface area contributed by atoms with Crippen LogP contribution in [0.1, 0.15) is 72.6 Å². The highest BCUT2D eigenvalue weighted by molar-refractivity contribution is 5.75. The lowest BCUT2D eigenvalue weighted by atomic mass is 9.44. The predicted molar refractivity (Wildman–Crippen MR) is 91.2 cm³/mol. The zero-order valence-electron chi connectivity index (χ0n) is 15.2. The van der Waals surface area contributed by atoms with Crippen LogP contribution in [0.3, 0.4) is 0 Å². The molecular formula is C20H32O3. The molecule has 0 radical (unpaired) electrons. The van der Waals surface area contributed by atoms with Gasteiger partial charge in [-0.2, -0.15) is 0 Å².